The molecule has 1 amide bonds. The summed E-state index contributed by atoms with van der Waals surface area (Å²) in [5, 5.41) is 0. The normalized spacial score (nSPS) is 20.9. The molecule has 0 spiro atoms. The van der Waals surface area contributed by atoms with Gasteiger partial charge in [-0.2, -0.15) is 8.78 Å². The zero-order chi connectivity index (χ0) is 17.8. The fraction of sp³-hybridized carbons (Fsp3) is 0.632. The Kier molecular flexibility index (Phi) is 5.89. The van der Waals surface area contributed by atoms with E-state index < -0.39 is 6.61 Å². The van der Waals surface area contributed by atoms with E-state index in [4.69, 9.17) is 0 Å². The number of likely N-dealkylation sites (tertiary alicyclic amines) is 2. The van der Waals surface area contributed by atoms with Gasteiger partial charge in [0.1, 0.15) is 5.75 Å². The van der Waals surface area contributed by atoms with Gasteiger partial charge in [0.2, 0.25) is 0 Å². The van der Waals surface area contributed by atoms with Gasteiger partial charge in [-0.1, -0.05) is 6.07 Å². The number of hydrogen-bond acceptors (Lipinski definition) is 3. The summed E-state index contributed by atoms with van der Waals surface area (Å²) in [5.74, 6) is 0.543. The lowest BCUT2D eigenvalue weighted by Gasteiger charge is -2.38. The Morgan fingerprint density at radius 1 is 1.16 bits per heavy atom. The van der Waals surface area contributed by atoms with Crippen molar-refractivity contribution in [1.82, 2.24) is 9.80 Å². The standard InChI is InChI=1S/C19H26F2N2O2/c1-14(22-9-2-3-10-22)15-7-11-23(12-8-15)18(24)16-5-4-6-17(13-16)25-19(20)21/h4-6,13-15,19H,2-3,7-12H2,1H3. The molecule has 1 atom stereocenters. The fourth-order valence-corrected chi connectivity index (χ4v) is 4.02. The second-order valence-electron chi connectivity index (χ2n) is 7.02. The highest BCUT2D eigenvalue weighted by atomic mass is 19.3. The van der Waals surface area contributed by atoms with Crippen LogP contribution in [0.2, 0.25) is 0 Å². The predicted octanol–water partition coefficient (Wildman–Crippen LogP) is 3.62. The molecule has 0 aliphatic carbocycles. The maximum Gasteiger partial charge on any atom is 0.387 e. The van der Waals surface area contributed by atoms with Crippen LogP contribution in [0.15, 0.2) is 24.3 Å². The molecule has 25 heavy (non-hydrogen) atoms. The van der Waals surface area contributed by atoms with Gasteiger partial charge in [-0.05, 0) is 69.8 Å². The summed E-state index contributed by atoms with van der Waals surface area (Å²) in [5.41, 5.74) is 0.407. The molecule has 2 heterocycles. The van der Waals surface area contributed by atoms with E-state index in [1.54, 1.807) is 12.1 Å². The summed E-state index contributed by atoms with van der Waals surface area (Å²) in [6.45, 7) is 3.25. The van der Waals surface area contributed by atoms with Gasteiger partial charge in [-0.25, -0.2) is 0 Å². The van der Waals surface area contributed by atoms with Crippen molar-refractivity contribution in [3.8, 4) is 5.75 Å². The molecule has 4 nitrogen and oxygen atoms in total. The average Bonchev–Trinajstić information content (AvgIpc) is 3.15. The van der Waals surface area contributed by atoms with Gasteiger partial charge in [0, 0.05) is 24.7 Å². The molecule has 0 N–H and O–H groups in total. The van der Waals surface area contributed by atoms with Crippen LogP contribution in [-0.2, 0) is 0 Å². The number of rotatable bonds is 5. The summed E-state index contributed by atoms with van der Waals surface area (Å²) in [6, 6.07) is 6.63. The SMILES string of the molecule is CC(C1CCN(C(=O)c2cccc(OC(F)F)c2)CC1)N1CCCC1. The van der Waals surface area contributed by atoms with E-state index in [0.29, 0.717) is 17.5 Å². The molecule has 0 saturated carbocycles. The first-order valence-corrected chi connectivity index (χ1v) is 9.13. The van der Waals surface area contributed by atoms with Crippen molar-refractivity contribution in [3.05, 3.63) is 29.8 Å². The minimum Gasteiger partial charge on any atom is -0.435 e. The predicted molar refractivity (Wildman–Crippen MR) is 92.0 cm³/mol. The Bertz CT molecular complexity index is 583. The highest BCUT2D eigenvalue weighted by Gasteiger charge is 2.30. The van der Waals surface area contributed by atoms with E-state index in [-0.39, 0.29) is 11.7 Å². The molecule has 1 aromatic carbocycles. The molecule has 2 saturated heterocycles. The van der Waals surface area contributed by atoms with E-state index in [1.165, 1.54) is 38.1 Å². The number of piperidine rings is 1. The van der Waals surface area contributed by atoms with E-state index in [9.17, 15) is 13.6 Å². The van der Waals surface area contributed by atoms with Gasteiger partial charge in [0.05, 0.1) is 0 Å². The number of carbonyl (C=O) groups excluding carboxylic acids is 1. The zero-order valence-electron chi connectivity index (χ0n) is 14.7. The Labute approximate surface area is 147 Å². The van der Waals surface area contributed by atoms with Crippen LogP contribution >= 0.6 is 0 Å². The molecular formula is C19H26F2N2O2. The minimum absolute atomic E-state index is 0.0263. The van der Waals surface area contributed by atoms with Gasteiger partial charge in [-0.3, -0.25) is 4.79 Å². The van der Waals surface area contributed by atoms with E-state index in [1.807, 2.05) is 4.90 Å². The van der Waals surface area contributed by atoms with Crippen LogP contribution in [0.4, 0.5) is 8.78 Å². The number of ether oxygens (including phenoxy) is 1. The first-order chi connectivity index (χ1) is 12.0. The number of carbonyl (C=O) groups is 1. The first-order valence-electron chi connectivity index (χ1n) is 9.13. The van der Waals surface area contributed by atoms with Crippen LogP contribution in [-0.4, -0.2) is 54.5 Å². The van der Waals surface area contributed by atoms with E-state index in [2.05, 4.69) is 16.6 Å². The number of amides is 1. The number of hydrogen-bond donors (Lipinski definition) is 0. The summed E-state index contributed by atoms with van der Waals surface area (Å²) in [7, 11) is 0. The van der Waals surface area contributed by atoms with Crippen LogP contribution in [0.3, 0.4) is 0 Å². The van der Waals surface area contributed by atoms with Crippen LogP contribution in [0, 0.1) is 5.92 Å². The number of benzene rings is 1. The topological polar surface area (TPSA) is 32.8 Å². The molecule has 1 unspecified atom stereocenters. The lowest BCUT2D eigenvalue weighted by atomic mass is 9.89. The maximum absolute atomic E-state index is 12.6. The molecule has 2 fully saturated rings. The van der Waals surface area contributed by atoms with Crippen molar-refractivity contribution in [1.29, 1.82) is 0 Å². The van der Waals surface area contributed by atoms with Crippen LogP contribution in [0.1, 0.15) is 43.0 Å². The highest BCUT2D eigenvalue weighted by molar-refractivity contribution is 5.94. The zero-order valence-corrected chi connectivity index (χ0v) is 14.7. The summed E-state index contributed by atoms with van der Waals surface area (Å²) >= 11 is 0. The smallest absolute Gasteiger partial charge is 0.387 e. The van der Waals surface area contributed by atoms with Crippen LogP contribution in [0.25, 0.3) is 0 Å². The Morgan fingerprint density at radius 2 is 1.84 bits per heavy atom. The molecule has 6 heteroatoms. The summed E-state index contributed by atoms with van der Waals surface area (Å²) in [4.78, 5) is 17.0. The molecular weight excluding hydrogens is 326 g/mol. The summed E-state index contributed by atoms with van der Waals surface area (Å²) in [6.07, 6.45) is 4.57. The van der Waals surface area contributed by atoms with E-state index >= 15 is 0 Å². The molecule has 0 bridgehead atoms. The third-order valence-electron chi connectivity index (χ3n) is 5.53. The molecule has 0 radical (unpaired) electrons. The molecule has 0 aromatic heterocycles. The number of nitrogens with zero attached hydrogens (tertiary/aromatic N) is 2. The lowest BCUT2D eigenvalue weighted by Crippen LogP contribution is -2.45. The minimum atomic E-state index is -2.88. The van der Waals surface area contributed by atoms with Gasteiger partial charge >= 0.3 is 6.61 Å². The average molecular weight is 352 g/mol. The lowest BCUT2D eigenvalue weighted by molar-refractivity contribution is -0.0499. The Hall–Kier alpha value is -1.69. The van der Waals surface area contributed by atoms with Crippen molar-refractivity contribution in [3.63, 3.8) is 0 Å². The van der Waals surface area contributed by atoms with Crippen molar-refractivity contribution < 1.29 is 18.3 Å². The summed E-state index contributed by atoms with van der Waals surface area (Å²) < 4.78 is 29.1. The molecule has 2 aliphatic heterocycles. The highest BCUT2D eigenvalue weighted by Crippen LogP contribution is 2.27. The molecule has 1 aromatic rings. The second kappa shape index (κ2) is 8.13. The van der Waals surface area contributed by atoms with Crippen molar-refractivity contribution >= 4 is 5.91 Å². The largest absolute Gasteiger partial charge is 0.435 e. The van der Waals surface area contributed by atoms with Crippen LogP contribution < -0.4 is 4.74 Å². The van der Waals surface area contributed by atoms with Crippen molar-refractivity contribution in [2.24, 2.45) is 5.92 Å². The number of halogens is 2. The Morgan fingerprint density at radius 3 is 2.48 bits per heavy atom. The van der Waals surface area contributed by atoms with E-state index in [0.717, 1.165) is 25.9 Å². The van der Waals surface area contributed by atoms with Gasteiger partial charge in [-0.15, -0.1) is 0 Å². The van der Waals surface area contributed by atoms with Gasteiger partial charge < -0.3 is 14.5 Å². The quantitative estimate of drug-likeness (QED) is 0.811. The van der Waals surface area contributed by atoms with Crippen molar-refractivity contribution in [2.45, 2.75) is 45.3 Å². The van der Waals surface area contributed by atoms with Gasteiger partial charge in [0.15, 0.2) is 0 Å². The maximum atomic E-state index is 12.6. The Balaban J connectivity index is 1.56. The van der Waals surface area contributed by atoms with Gasteiger partial charge in [0.25, 0.3) is 5.91 Å². The fourth-order valence-electron chi connectivity index (χ4n) is 4.02. The number of alkyl halides is 2. The third-order valence-corrected chi connectivity index (χ3v) is 5.53. The first kappa shape index (κ1) is 18.1. The molecule has 3 rings (SSSR count). The molecule has 138 valence electrons. The third kappa shape index (κ3) is 4.48. The second-order valence-corrected chi connectivity index (χ2v) is 7.02. The monoisotopic (exact) mass is 352 g/mol. The van der Waals surface area contributed by atoms with Crippen LogP contribution in [0.5, 0.6) is 5.75 Å². The van der Waals surface area contributed by atoms with Crippen molar-refractivity contribution in [2.75, 3.05) is 26.2 Å². The molecule has 2 aliphatic rings.